The van der Waals surface area contributed by atoms with Crippen molar-refractivity contribution in [2.45, 2.75) is 19.4 Å². The minimum absolute atomic E-state index is 0.332. The van der Waals surface area contributed by atoms with Crippen LogP contribution in [-0.4, -0.2) is 30.3 Å². The van der Waals surface area contributed by atoms with Gasteiger partial charge in [-0.3, -0.25) is 0 Å². The molecule has 4 nitrogen and oxygen atoms in total. The first kappa shape index (κ1) is 13.4. The maximum Gasteiger partial charge on any atom is 0.338 e. The fourth-order valence-corrected chi connectivity index (χ4v) is 1.19. The number of methoxy groups -OCH3 is 1. The second-order valence-corrected chi connectivity index (χ2v) is 4.32. The minimum atomic E-state index is -1.27. The van der Waals surface area contributed by atoms with Crippen LogP contribution in [-0.2, 0) is 4.74 Å². The van der Waals surface area contributed by atoms with Crippen LogP contribution in [0.5, 0.6) is 0 Å². The molecular formula is C12H16FNO3. The first-order chi connectivity index (χ1) is 7.85. The van der Waals surface area contributed by atoms with Gasteiger partial charge in [0.25, 0.3) is 0 Å². The zero-order chi connectivity index (χ0) is 13.1. The maximum atomic E-state index is 13.4. The Hall–Kier alpha value is -1.62. The van der Waals surface area contributed by atoms with Crippen LogP contribution in [0.3, 0.4) is 0 Å². The van der Waals surface area contributed by atoms with E-state index in [0.717, 1.165) is 6.07 Å². The number of aromatic carboxylic acids is 1. The molecule has 0 amide bonds. The van der Waals surface area contributed by atoms with E-state index in [1.165, 1.54) is 12.1 Å². The predicted molar refractivity (Wildman–Crippen MR) is 62.9 cm³/mol. The van der Waals surface area contributed by atoms with E-state index < -0.39 is 11.8 Å². The van der Waals surface area contributed by atoms with Crippen molar-refractivity contribution in [3.63, 3.8) is 0 Å². The molecule has 0 aromatic heterocycles. The molecule has 0 bridgehead atoms. The third kappa shape index (κ3) is 3.71. The largest absolute Gasteiger partial charge is 0.478 e. The Morgan fingerprint density at radius 3 is 2.65 bits per heavy atom. The number of hydrogen-bond donors (Lipinski definition) is 2. The zero-order valence-corrected chi connectivity index (χ0v) is 10.1. The molecule has 5 heteroatoms. The molecule has 0 unspecified atom stereocenters. The smallest absolute Gasteiger partial charge is 0.338 e. The number of hydrogen-bond acceptors (Lipinski definition) is 3. The lowest BCUT2D eigenvalue weighted by molar-refractivity contribution is 0.0343. The standard InChI is InChI=1S/C12H16FNO3/c1-12(2,17-3)7-14-8-4-5-9(11(15)16)10(13)6-8/h4-6,14H,7H2,1-3H3,(H,15,16). The second-order valence-electron chi connectivity index (χ2n) is 4.32. The van der Waals surface area contributed by atoms with Crippen molar-refractivity contribution in [1.82, 2.24) is 0 Å². The summed E-state index contributed by atoms with van der Waals surface area (Å²) in [5.41, 5.74) is -0.179. The molecule has 0 radical (unpaired) electrons. The fraction of sp³-hybridized carbons (Fsp3) is 0.417. The van der Waals surface area contributed by atoms with E-state index in [2.05, 4.69) is 5.32 Å². The molecule has 1 aromatic carbocycles. The lowest BCUT2D eigenvalue weighted by Gasteiger charge is -2.23. The molecule has 0 atom stereocenters. The van der Waals surface area contributed by atoms with Crippen LogP contribution in [0.2, 0.25) is 0 Å². The maximum absolute atomic E-state index is 13.4. The van der Waals surface area contributed by atoms with Crippen molar-refractivity contribution in [3.8, 4) is 0 Å². The van der Waals surface area contributed by atoms with Crippen molar-refractivity contribution < 1.29 is 19.0 Å². The Labute approximate surface area is 99.4 Å². The van der Waals surface area contributed by atoms with Gasteiger partial charge in [-0.05, 0) is 32.0 Å². The zero-order valence-electron chi connectivity index (χ0n) is 10.1. The predicted octanol–water partition coefficient (Wildman–Crippen LogP) is 2.36. The molecule has 0 heterocycles. The van der Waals surface area contributed by atoms with E-state index in [0.29, 0.717) is 12.2 Å². The molecule has 0 saturated heterocycles. The third-order valence-corrected chi connectivity index (χ3v) is 2.47. The summed E-state index contributed by atoms with van der Waals surface area (Å²) in [6.07, 6.45) is 0. The molecule has 1 rings (SSSR count). The summed E-state index contributed by atoms with van der Waals surface area (Å²) in [7, 11) is 1.59. The lowest BCUT2D eigenvalue weighted by Crippen LogP contribution is -2.32. The quantitative estimate of drug-likeness (QED) is 0.830. The number of anilines is 1. The summed E-state index contributed by atoms with van der Waals surface area (Å²) >= 11 is 0. The lowest BCUT2D eigenvalue weighted by atomic mass is 10.1. The van der Waals surface area contributed by atoms with Gasteiger partial charge in [-0.25, -0.2) is 9.18 Å². The highest BCUT2D eigenvalue weighted by Crippen LogP contribution is 2.16. The molecule has 0 saturated carbocycles. The van der Waals surface area contributed by atoms with E-state index in [1.807, 2.05) is 13.8 Å². The van der Waals surface area contributed by atoms with Crippen molar-refractivity contribution in [2.24, 2.45) is 0 Å². The van der Waals surface area contributed by atoms with E-state index in [9.17, 15) is 9.18 Å². The molecule has 17 heavy (non-hydrogen) atoms. The van der Waals surface area contributed by atoms with Gasteiger partial charge in [-0.15, -0.1) is 0 Å². The van der Waals surface area contributed by atoms with Crippen molar-refractivity contribution in [1.29, 1.82) is 0 Å². The summed E-state index contributed by atoms with van der Waals surface area (Å²) < 4.78 is 18.6. The molecule has 0 aliphatic carbocycles. The van der Waals surface area contributed by atoms with Gasteiger partial charge in [0.1, 0.15) is 5.82 Å². The van der Waals surface area contributed by atoms with Gasteiger partial charge in [0.2, 0.25) is 0 Å². The highest BCUT2D eigenvalue weighted by Gasteiger charge is 2.16. The topological polar surface area (TPSA) is 58.6 Å². The van der Waals surface area contributed by atoms with Crippen LogP contribution in [0.1, 0.15) is 24.2 Å². The van der Waals surface area contributed by atoms with Gasteiger partial charge >= 0.3 is 5.97 Å². The van der Waals surface area contributed by atoms with Crippen molar-refractivity contribution in [3.05, 3.63) is 29.6 Å². The van der Waals surface area contributed by atoms with Crippen LogP contribution >= 0.6 is 0 Å². The molecule has 1 aromatic rings. The first-order valence-corrected chi connectivity index (χ1v) is 5.17. The number of carboxylic acids is 1. The molecule has 94 valence electrons. The Morgan fingerprint density at radius 2 is 2.18 bits per heavy atom. The first-order valence-electron chi connectivity index (χ1n) is 5.17. The van der Waals surface area contributed by atoms with Gasteiger partial charge in [-0.2, -0.15) is 0 Å². The van der Waals surface area contributed by atoms with Gasteiger partial charge in [0.15, 0.2) is 0 Å². The number of ether oxygens (including phenoxy) is 1. The highest BCUT2D eigenvalue weighted by molar-refractivity contribution is 5.88. The Morgan fingerprint density at radius 1 is 1.53 bits per heavy atom. The molecular weight excluding hydrogens is 225 g/mol. The van der Waals surface area contributed by atoms with Crippen LogP contribution < -0.4 is 5.32 Å². The summed E-state index contributed by atoms with van der Waals surface area (Å²) in [4.78, 5) is 10.6. The van der Waals surface area contributed by atoms with Crippen LogP contribution in [0.25, 0.3) is 0 Å². The van der Waals surface area contributed by atoms with Gasteiger partial charge in [0.05, 0.1) is 11.2 Å². The van der Waals surface area contributed by atoms with Gasteiger partial charge in [-0.1, -0.05) is 0 Å². The number of carboxylic acid groups (broad SMARTS) is 1. The summed E-state index contributed by atoms with van der Waals surface area (Å²) in [5, 5.41) is 11.7. The van der Waals surface area contributed by atoms with Crippen molar-refractivity contribution in [2.75, 3.05) is 19.0 Å². The fourth-order valence-electron chi connectivity index (χ4n) is 1.19. The Bertz CT molecular complexity index is 418. The summed E-state index contributed by atoms with van der Waals surface area (Å²) in [5.74, 6) is -2.02. The molecule has 2 N–H and O–H groups in total. The van der Waals surface area contributed by atoms with E-state index >= 15 is 0 Å². The average Bonchev–Trinajstić information content (AvgIpc) is 2.26. The molecule has 0 spiro atoms. The number of rotatable bonds is 5. The van der Waals surface area contributed by atoms with E-state index in [1.54, 1.807) is 7.11 Å². The van der Waals surface area contributed by atoms with Crippen molar-refractivity contribution >= 4 is 11.7 Å². The van der Waals surface area contributed by atoms with E-state index in [-0.39, 0.29) is 11.2 Å². The molecule has 0 aliphatic rings. The summed E-state index contributed by atoms with van der Waals surface area (Å²) in [6, 6.07) is 3.92. The number of benzene rings is 1. The minimum Gasteiger partial charge on any atom is -0.478 e. The number of carbonyl (C=O) groups is 1. The van der Waals surface area contributed by atoms with Crippen LogP contribution in [0.4, 0.5) is 10.1 Å². The summed E-state index contributed by atoms with van der Waals surface area (Å²) in [6.45, 7) is 4.28. The second kappa shape index (κ2) is 5.14. The van der Waals surface area contributed by atoms with E-state index in [4.69, 9.17) is 9.84 Å². The average molecular weight is 241 g/mol. The monoisotopic (exact) mass is 241 g/mol. The number of nitrogens with one attached hydrogen (secondary N) is 1. The van der Waals surface area contributed by atoms with Gasteiger partial charge < -0.3 is 15.2 Å². The normalized spacial score (nSPS) is 11.3. The molecule has 0 aliphatic heterocycles. The Kier molecular flexibility index (Phi) is 4.07. The van der Waals surface area contributed by atoms with Gasteiger partial charge in [0, 0.05) is 19.3 Å². The molecule has 0 fully saturated rings. The van der Waals surface area contributed by atoms with Crippen LogP contribution in [0, 0.1) is 5.82 Å². The SMILES string of the molecule is COC(C)(C)CNc1ccc(C(=O)O)c(F)c1. The number of halogens is 1. The third-order valence-electron chi connectivity index (χ3n) is 2.47. The highest BCUT2D eigenvalue weighted by atomic mass is 19.1. The van der Waals surface area contributed by atoms with Crippen LogP contribution in [0.15, 0.2) is 18.2 Å². The Balaban J connectivity index is 2.75.